The van der Waals surface area contributed by atoms with Crippen molar-refractivity contribution in [1.82, 2.24) is 9.97 Å². The number of primary amides is 1. The third kappa shape index (κ3) is 3.95. The van der Waals surface area contributed by atoms with Gasteiger partial charge < -0.3 is 11.1 Å². The van der Waals surface area contributed by atoms with Crippen molar-refractivity contribution in [2.75, 3.05) is 11.6 Å². The van der Waals surface area contributed by atoms with Crippen LogP contribution in [0.1, 0.15) is 15.9 Å². The summed E-state index contributed by atoms with van der Waals surface area (Å²) in [6, 6.07) is 6.85. The second-order valence-electron chi connectivity index (χ2n) is 4.29. The van der Waals surface area contributed by atoms with Crippen LogP contribution in [0.2, 0.25) is 0 Å². The molecule has 0 saturated carbocycles. The van der Waals surface area contributed by atoms with Crippen LogP contribution in [0.3, 0.4) is 0 Å². The number of anilines is 2. The number of benzene rings is 1. The molecule has 0 atom stereocenters. The lowest BCUT2D eigenvalue weighted by Crippen LogP contribution is -2.16. The molecule has 0 bridgehead atoms. The van der Waals surface area contributed by atoms with Crippen molar-refractivity contribution < 1.29 is 13.2 Å². The first-order valence-electron chi connectivity index (χ1n) is 6.18. The second kappa shape index (κ2) is 7.23. The van der Waals surface area contributed by atoms with Crippen molar-refractivity contribution >= 4 is 39.9 Å². The van der Waals surface area contributed by atoms with Crippen molar-refractivity contribution in [2.24, 2.45) is 5.73 Å². The Morgan fingerprint density at radius 1 is 1.36 bits per heavy atom. The van der Waals surface area contributed by atoms with Crippen LogP contribution >= 0.6 is 11.8 Å². The van der Waals surface area contributed by atoms with Gasteiger partial charge in [-0.25, -0.2) is 18.4 Å². The van der Waals surface area contributed by atoms with Crippen LogP contribution in [-0.2, 0) is 16.5 Å². The molecule has 0 fully saturated rings. The third-order valence-electron chi connectivity index (χ3n) is 2.75. The van der Waals surface area contributed by atoms with Crippen molar-refractivity contribution in [3.63, 3.8) is 0 Å². The summed E-state index contributed by atoms with van der Waals surface area (Å²) < 4.78 is 21.6. The molecule has 22 heavy (non-hydrogen) atoms. The first kappa shape index (κ1) is 16.2. The van der Waals surface area contributed by atoms with Gasteiger partial charge in [0.05, 0.1) is 5.75 Å². The van der Waals surface area contributed by atoms with E-state index in [1.54, 1.807) is 30.5 Å². The number of nitrogens with zero attached hydrogens (tertiary/aromatic N) is 2. The largest absolute Gasteiger partial charge is 0.365 e. The van der Waals surface area contributed by atoms with Gasteiger partial charge in [0.25, 0.3) is 5.91 Å². The van der Waals surface area contributed by atoms with Crippen LogP contribution in [0.5, 0.6) is 0 Å². The molecular weight excluding hydrogens is 324 g/mol. The highest BCUT2D eigenvalue weighted by Gasteiger charge is 2.16. The lowest BCUT2D eigenvalue weighted by atomic mass is 10.2. The van der Waals surface area contributed by atoms with Gasteiger partial charge in [0, 0.05) is 5.69 Å². The summed E-state index contributed by atoms with van der Waals surface area (Å²) in [6.45, 7) is 0. The predicted molar refractivity (Wildman–Crippen MR) is 86.1 cm³/mol. The molecule has 0 aliphatic rings. The van der Waals surface area contributed by atoms with Gasteiger partial charge in [-0.05, 0) is 24.0 Å². The van der Waals surface area contributed by atoms with E-state index in [1.165, 1.54) is 18.1 Å². The fourth-order valence-corrected chi connectivity index (χ4v) is 2.92. The average Bonchev–Trinajstić information content (AvgIpc) is 2.46. The van der Waals surface area contributed by atoms with Crippen LogP contribution in [0.15, 0.2) is 35.6 Å². The number of carbonyl (C=O) groups is 1. The number of aromatic nitrogens is 2. The Bertz CT molecular complexity index is 770. The van der Waals surface area contributed by atoms with Crippen LogP contribution in [-0.4, -0.2) is 30.5 Å². The number of rotatable bonds is 6. The van der Waals surface area contributed by atoms with Gasteiger partial charge in [0.2, 0.25) is 0 Å². The third-order valence-corrected chi connectivity index (χ3v) is 4.07. The van der Waals surface area contributed by atoms with Crippen LogP contribution in [0, 0.1) is 0 Å². The molecule has 0 unspecified atom stereocenters. The van der Waals surface area contributed by atoms with E-state index in [0.29, 0.717) is 16.3 Å². The van der Waals surface area contributed by atoms with E-state index in [0.717, 1.165) is 0 Å². The van der Waals surface area contributed by atoms with Crippen LogP contribution in [0.4, 0.5) is 11.5 Å². The van der Waals surface area contributed by atoms with Gasteiger partial charge >= 0.3 is 0 Å². The SMILES string of the molecule is CSc1ncnc(Nc2cccc(C[SH](=O)=O)c2)c1C(N)=O. The van der Waals surface area contributed by atoms with Crippen molar-refractivity contribution in [3.8, 4) is 0 Å². The van der Waals surface area contributed by atoms with E-state index < -0.39 is 16.6 Å². The Kier molecular flexibility index (Phi) is 5.34. The van der Waals surface area contributed by atoms with Crippen molar-refractivity contribution in [1.29, 1.82) is 0 Å². The van der Waals surface area contributed by atoms with E-state index in [4.69, 9.17) is 5.73 Å². The maximum atomic E-state index is 11.6. The normalized spacial score (nSPS) is 10.6. The van der Waals surface area contributed by atoms with Gasteiger partial charge in [0.15, 0.2) is 0 Å². The highest BCUT2D eigenvalue weighted by Crippen LogP contribution is 2.25. The maximum Gasteiger partial charge on any atom is 0.255 e. The minimum absolute atomic E-state index is 0.0482. The number of carbonyl (C=O) groups excluding carboxylic acids is 1. The highest BCUT2D eigenvalue weighted by molar-refractivity contribution is 7.98. The van der Waals surface area contributed by atoms with Gasteiger partial charge in [-0.15, -0.1) is 11.8 Å². The molecule has 1 amide bonds. The molecule has 0 saturated heterocycles. The lowest BCUT2D eigenvalue weighted by molar-refractivity contribution is 0.0997. The molecular formula is C13H14N4O3S2. The molecule has 2 aromatic rings. The average molecular weight is 338 g/mol. The molecule has 1 heterocycles. The molecule has 116 valence electrons. The number of hydrogen-bond acceptors (Lipinski definition) is 7. The Morgan fingerprint density at radius 2 is 2.14 bits per heavy atom. The van der Waals surface area contributed by atoms with E-state index in [-0.39, 0.29) is 17.1 Å². The Morgan fingerprint density at radius 3 is 2.77 bits per heavy atom. The Balaban J connectivity index is 2.37. The van der Waals surface area contributed by atoms with E-state index in [2.05, 4.69) is 15.3 Å². The molecule has 0 aliphatic heterocycles. The maximum absolute atomic E-state index is 11.6. The fraction of sp³-hybridized carbons (Fsp3) is 0.154. The van der Waals surface area contributed by atoms with Gasteiger partial charge in [-0.2, -0.15) is 0 Å². The van der Waals surface area contributed by atoms with Crippen LogP contribution < -0.4 is 11.1 Å². The number of amides is 1. The standard InChI is InChI=1S/C13H14N4O3S2/c1-21-13-10(11(14)18)12(15-7-16-13)17-9-4-2-3-8(5-9)6-22(19)20/h2-5,7,22H,6H2,1H3,(H2,14,18)(H,15,16,17). The predicted octanol–water partition coefficient (Wildman–Crippen LogP) is 1.15. The topological polar surface area (TPSA) is 115 Å². The molecule has 2 rings (SSSR count). The monoisotopic (exact) mass is 338 g/mol. The second-order valence-corrected chi connectivity index (χ2v) is 6.06. The van der Waals surface area contributed by atoms with E-state index in [9.17, 15) is 13.2 Å². The Labute approximate surface area is 133 Å². The number of thioether (sulfide) groups is 1. The minimum Gasteiger partial charge on any atom is -0.365 e. The first-order valence-corrected chi connectivity index (χ1v) is 8.76. The lowest BCUT2D eigenvalue weighted by Gasteiger charge is -2.11. The summed E-state index contributed by atoms with van der Waals surface area (Å²) in [4.78, 5) is 19.7. The molecule has 7 nitrogen and oxygen atoms in total. The number of nitrogens with two attached hydrogens (primary N) is 1. The fourth-order valence-electron chi connectivity index (χ4n) is 1.87. The molecule has 9 heteroatoms. The summed E-state index contributed by atoms with van der Waals surface area (Å²) in [7, 11) is -2.50. The molecule has 0 aliphatic carbocycles. The molecule has 1 aromatic heterocycles. The summed E-state index contributed by atoms with van der Waals surface area (Å²) in [5.41, 5.74) is 6.85. The van der Waals surface area contributed by atoms with Crippen LogP contribution in [0.25, 0.3) is 0 Å². The summed E-state index contributed by atoms with van der Waals surface area (Å²) in [5.74, 6) is -0.394. The summed E-state index contributed by atoms with van der Waals surface area (Å²) in [5, 5.41) is 3.46. The van der Waals surface area contributed by atoms with Gasteiger partial charge in [-0.1, -0.05) is 12.1 Å². The summed E-state index contributed by atoms with van der Waals surface area (Å²) in [6.07, 6.45) is 3.11. The minimum atomic E-state index is -2.50. The van der Waals surface area contributed by atoms with E-state index in [1.807, 2.05) is 0 Å². The van der Waals surface area contributed by atoms with Gasteiger partial charge in [-0.3, -0.25) is 4.79 Å². The first-order chi connectivity index (χ1) is 10.5. The zero-order chi connectivity index (χ0) is 16.1. The molecule has 3 N–H and O–H groups in total. The molecule has 1 aromatic carbocycles. The summed E-state index contributed by atoms with van der Waals surface area (Å²) >= 11 is 1.29. The highest BCUT2D eigenvalue weighted by atomic mass is 32.2. The van der Waals surface area contributed by atoms with Crippen molar-refractivity contribution in [3.05, 3.63) is 41.7 Å². The number of thiol groups is 1. The molecule has 0 spiro atoms. The smallest absolute Gasteiger partial charge is 0.255 e. The zero-order valence-corrected chi connectivity index (χ0v) is 13.4. The van der Waals surface area contributed by atoms with Crippen molar-refractivity contribution in [2.45, 2.75) is 10.8 Å². The Hall–Kier alpha value is -2.13. The number of hydrogen-bond donors (Lipinski definition) is 3. The number of nitrogens with one attached hydrogen (secondary N) is 1. The van der Waals surface area contributed by atoms with Gasteiger partial charge in [0.1, 0.15) is 33.4 Å². The quantitative estimate of drug-likeness (QED) is 0.411. The zero-order valence-electron chi connectivity index (χ0n) is 11.6. The molecule has 0 radical (unpaired) electrons. The van der Waals surface area contributed by atoms with E-state index >= 15 is 0 Å².